The molecule has 0 unspecified atom stereocenters. The lowest BCUT2D eigenvalue weighted by atomic mass is 9.80. The Morgan fingerprint density at radius 1 is 0.377 bits per heavy atom. The van der Waals surface area contributed by atoms with Crippen molar-refractivity contribution < 1.29 is 0 Å². The molecule has 0 bridgehead atoms. The van der Waals surface area contributed by atoms with E-state index in [0.717, 1.165) is 11.4 Å². The molecule has 0 amide bonds. The van der Waals surface area contributed by atoms with Gasteiger partial charge in [-0.3, -0.25) is 0 Å². The second kappa shape index (κ2) is 15.2. The van der Waals surface area contributed by atoms with Crippen molar-refractivity contribution in [2.45, 2.75) is 38.0 Å². The smallest absolute Gasteiger partial charge is 0.0540 e. The SMILES string of the molecule is c1ccc(N(c2ccc(-c3cccc4c3sc3ccccc34)cc2)c2ccccc2-c2cccc3cccc(C4CCCCC4)c23)c(-c2cccc3c2sc2ccccc23)c1. The molecule has 1 saturated carbocycles. The number of para-hydroxylation sites is 2. The van der Waals surface area contributed by atoms with E-state index in [9.17, 15) is 0 Å². The molecule has 2 heterocycles. The van der Waals surface area contributed by atoms with E-state index in [1.165, 1.54) is 128 Å². The Balaban J connectivity index is 1.08. The Labute approximate surface area is 364 Å². The molecule has 11 aromatic rings. The Morgan fingerprint density at radius 3 is 1.54 bits per heavy atom. The molecule has 1 aliphatic rings. The second-order valence-corrected chi connectivity index (χ2v) is 18.7. The van der Waals surface area contributed by atoms with Crippen LogP contribution in [0.5, 0.6) is 0 Å². The monoisotopic (exact) mass is 817 g/mol. The predicted octanol–water partition coefficient (Wildman–Crippen LogP) is 18.1. The molecule has 61 heavy (non-hydrogen) atoms. The fourth-order valence-electron chi connectivity index (χ4n) is 10.3. The highest BCUT2D eigenvalue weighted by atomic mass is 32.1. The number of nitrogens with zero attached hydrogens (tertiary/aromatic N) is 1. The summed E-state index contributed by atoms with van der Waals surface area (Å²) in [6, 6.07) is 72.6. The van der Waals surface area contributed by atoms with Gasteiger partial charge in [-0.2, -0.15) is 0 Å². The van der Waals surface area contributed by atoms with E-state index in [1.54, 1.807) is 0 Å². The fraction of sp³-hybridized carbons (Fsp3) is 0.103. The summed E-state index contributed by atoms with van der Waals surface area (Å²) in [5.41, 5.74) is 12.5. The number of fused-ring (bicyclic) bond motifs is 7. The van der Waals surface area contributed by atoms with E-state index in [-0.39, 0.29) is 0 Å². The van der Waals surface area contributed by atoms with E-state index in [4.69, 9.17) is 0 Å². The summed E-state index contributed by atoms with van der Waals surface area (Å²) >= 11 is 3.79. The van der Waals surface area contributed by atoms with Crippen molar-refractivity contribution in [3.05, 3.63) is 200 Å². The van der Waals surface area contributed by atoms with E-state index >= 15 is 0 Å². The number of hydrogen-bond acceptors (Lipinski definition) is 3. The minimum atomic E-state index is 0.585. The molecule has 1 aliphatic carbocycles. The van der Waals surface area contributed by atoms with Crippen LogP contribution in [0.3, 0.4) is 0 Å². The van der Waals surface area contributed by atoms with Crippen molar-refractivity contribution in [2.24, 2.45) is 0 Å². The topological polar surface area (TPSA) is 3.24 Å². The normalized spacial score (nSPS) is 13.5. The summed E-state index contributed by atoms with van der Waals surface area (Å²) in [4.78, 5) is 2.53. The van der Waals surface area contributed by atoms with Gasteiger partial charge < -0.3 is 4.90 Å². The molecule has 1 fully saturated rings. The van der Waals surface area contributed by atoms with Crippen molar-refractivity contribution in [3.8, 4) is 33.4 Å². The Kier molecular flexibility index (Phi) is 9.05. The number of hydrogen-bond donors (Lipinski definition) is 0. The summed E-state index contributed by atoms with van der Waals surface area (Å²) in [5.74, 6) is 0.585. The highest BCUT2D eigenvalue weighted by Crippen LogP contribution is 2.50. The lowest BCUT2D eigenvalue weighted by Crippen LogP contribution is -2.12. The second-order valence-electron chi connectivity index (χ2n) is 16.6. The van der Waals surface area contributed by atoms with Crippen molar-refractivity contribution in [1.29, 1.82) is 0 Å². The highest BCUT2D eigenvalue weighted by molar-refractivity contribution is 7.26. The molecule has 292 valence electrons. The van der Waals surface area contributed by atoms with E-state index in [0.29, 0.717) is 5.92 Å². The Hall–Kier alpha value is -6.52. The molecular weight excluding hydrogens is 775 g/mol. The molecule has 12 rings (SSSR count). The lowest BCUT2D eigenvalue weighted by Gasteiger charge is -2.31. The number of anilines is 3. The molecule has 0 atom stereocenters. The standard InChI is InChI=1S/C58H43NS2/c1-2-16-38(17-3-1)42-24-12-18-40-19-13-26-48(56(40)42)44-20-4-8-30-52(44)59(41-36-34-39(35-37-41)43-25-14-28-50-46-22-6-10-32-54(46)60-57(43)50)53-31-9-5-21-45(53)49-27-15-29-51-47-23-7-11-33-55(47)61-58(49)51/h4-15,18-38H,1-3,16-17H2. The van der Waals surface area contributed by atoms with Crippen molar-refractivity contribution in [2.75, 3.05) is 4.90 Å². The van der Waals surface area contributed by atoms with Gasteiger partial charge in [0.15, 0.2) is 0 Å². The minimum absolute atomic E-state index is 0.585. The first-order valence-electron chi connectivity index (χ1n) is 21.7. The van der Waals surface area contributed by atoms with Gasteiger partial charge >= 0.3 is 0 Å². The highest BCUT2D eigenvalue weighted by Gasteiger charge is 2.25. The molecular formula is C58H43NS2. The van der Waals surface area contributed by atoms with Crippen LogP contribution in [0.4, 0.5) is 17.1 Å². The van der Waals surface area contributed by atoms with Gasteiger partial charge in [-0.25, -0.2) is 0 Å². The molecule has 0 saturated heterocycles. The van der Waals surface area contributed by atoms with Crippen LogP contribution in [-0.2, 0) is 0 Å². The average Bonchev–Trinajstić information content (AvgIpc) is 3.91. The zero-order chi connectivity index (χ0) is 40.3. The van der Waals surface area contributed by atoms with Crippen LogP contribution in [0.15, 0.2) is 194 Å². The molecule has 0 aliphatic heterocycles. The molecule has 3 heteroatoms. The quantitative estimate of drug-likeness (QED) is 0.155. The zero-order valence-corrected chi connectivity index (χ0v) is 35.5. The first-order valence-corrected chi connectivity index (χ1v) is 23.3. The summed E-state index contributed by atoms with van der Waals surface area (Å²) < 4.78 is 5.31. The maximum Gasteiger partial charge on any atom is 0.0540 e. The van der Waals surface area contributed by atoms with Gasteiger partial charge in [0, 0.05) is 62.7 Å². The first kappa shape index (κ1) is 36.3. The largest absolute Gasteiger partial charge is 0.309 e. The maximum absolute atomic E-state index is 2.53. The fourth-order valence-corrected chi connectivity index (χ4v) is 12.7. The summed E-state index contributed by atoms with van der Waals surface area (Å²) in [5, 5.41) is 8.00. The molecule has 0 radical (unpaired) electrons. The lowest BCUT2D eigenvalue weighted by molar-refractivity contribution is 0.445. The van der Waals surface area contributed by atoms with E-state index in [1.807, 2.05) is 22.7 Å². The average molecular weight is 818 g/mol. The zero-order valence-electron chi connectivity index (χ0n) is 33.9. The van der Waals surface area contributed by atoms with E-state index < -0.39 is 0 Å². The Morgan fingerprint density at radius 2 is 0.869 bits per heavy atom. The van der Waals surface area contributed by atoms with E-state index in [2.05, 4.69) is 199 Å². The molecule has 0 spiro atoms. The van der Waals surface area contributed by atoms with Crippen LogP contribution in [0.25, 0.3) is 84.5 Å². The summed E-state index contributed by atoms with van der Waals surface area (Å²) in [7, 11) is 0. The number of rotatable bonds is 7. The van der Waals surface area contributed by atoms with Crippen molar-refractivity contribution in [1.82, 2.24) is 0 Å². The van der Waals surface area contributed by atoms with Crippen molar-refractivity contribution >= 4 is 90.9 Å². The minimum Gasteiger partial charge on any atom is -0.309 e. The van der Waals surface area contributed by atoms with Crippen LogP contribution in [0.1, 0.15) is 43.6 Å². The predicted molar refractivity (Wildman–Crippen MR) is 267 cm³/mol. The van der Waals surface area contributed by atoms with Gasteiger partial charge in [-0.1, -0.05) is 177 Å². The van der Waals surface area contributed by atoms with Crippen LogP contribution in [0.2, 0.25) is 0 Å². The molecule has 2 aromatic heterocycles. The summed E-state index contributed by atoms with van der Waals surface area (Å²) in [6.07, 6.45) is 6.49. The van der Waals surface area contributed by atoms with Crippen LogP contribution >= 0.6 is 22.7 Å². The van der Waals surface area contributed by atoms with Gasteiger partial charge in [-0.15, -0.1) is 22.7 Å². The van der Waals surface area contributed by atoms with Crippen molar-refractivity contribution in [3.63, 3.8) is 0 Å². The van der Waals surface area contributed by atoms with Crippen LogP contribution < -0.4 is 4.90 Å². The maximum atomic E-state index is 2.53. The van der Waals surface area contributed by atoms with Crippen LogP contribution in [-0.4, -0.2) is 0 Å². The number of benzene rings is 9. The third-order valence-corrected chi connectivity index (χ3v) is 15.5. The molecule has 0 N–H and O–H groups in total. The first-order chi connectivity index (χ1) is 30.3. The third kappa shape index (κ3) is 6.18. The van der Waals surface area contributed by atoms with Gasteiger partial charge in [-0.05, 0) is 88.2 Å². The number of thiophene rings is 2. The molecule has 9 aromatic carbocycles. The summed E-state index contributed by atoms with van der Waals surface area (Å²) in [6.45, 7) is 0. The van der Waals surface area contributed by atoms with Gasteiger partial charge in [0.2, 0.25) is 0 Å². The molecule has 1 nitrogen and oxygen atoms in total. The third-order valence-electron chi connectivity index (χ3n) is 13.1. The van der Waals surface area contributed by atoms with Crippen LogP contribution in [0, 0.1) is 0 Å². The van der Waals surface area contributed by atoms with Gasteiger partial charge in [0.25, 0.3) is 0 Å². The van der Waals surface area contributed by atoms with Gasteiger partial charge in [0.05, 0.1) is 11.4 Å². The van der Waals surface area contributed by atoms with Gasteiger partial charge in [0.1, 0.15) is 0 Å². The Bertz CT molecular complexity index is 3410.